The molecular formula is C18H28O3. The van der Waals surface area contributed by atoms with Crippen molar-refractivity contribution in [2.75, 3.05) is 6.61 Å². The van der Waals surface area contributed by atoms with Gasteiger partial charge in [-0.3, -0.25) is 0 Å². The molecule has 0 bridgehead atoms. The Labute approximate surface area is 128 Å². The Morgan fingerprint density at radius 2 is 1.62 bits per heavy atom. The monoisotopic (exact) mass is 292 g/mol. The fourth-order valence-electron chi connectivity index (χ4n) is 2.32. The largest absolute Gasteiger partial charge is 0.494 e. The fraction of sp³-hybridized carbons (Fsp3) is 0.611. The zero-order chi connectivity index (χ0) is 15.3. The number of hydrogen-bond acceptors (Lipinski definition) is 2. The molecule has 1 rings (SSSR count). The van der Waals surface area contributed by atoms with Crippen LogP contribution in [0.3, 0.4) is 0 Å². The Kier molecular flexibility index (Phi) is 9.34. The van der Waals surface area contributed by atoms with E-state index in [1.807, 2.05) is 0 Å². The van der Waals surface area contributed by atoms with Crippen molar-refractivity contribution in [2.24, 2.45) is 0 Å². The summed E-state index contributed by atoms with van der Waals surface area (Å²) in [5.41, 5.74) is 0.277. The highest BCUT2D eigenvalue weighted by molar-refractivity contribution is 5.87. The van der Waals surface area contributed by atoms with E-state index in [1.165, 1.54) is 51.4 Å². The lowest BCUT2D eigenvalue weighted by atomic mass is 10.1. The van der Waals surface area contributed by atoms with E-state index in [0.717, 1.165) is 6.42 Å². The molecule has 0 radical (unpaired) electrons. The number of benzene rings is 1. The molecule has 0 amide bonds. The summed E-state index contributed by atoms with van der Waals surface area (Å²) in [6.45, 7) is 2.91. The van der Waals surface area contributed by atoms with Crippen LogP contribution in [-0.2, 0) is 0 Å². The van der Waals surface area contributed by atoms with Crippen LogP contribution >= 0.6 is 0 Å². The number of hydrogen-bond donors (Lipinski definition) is 1. The molecule has 3 nitrogen and oxygen atoms in total. The second-order valence-electron chi connectivity index (χ2n) is 5.51. The standard InChI is InChI=1S/C18H28O3/c1-2-3-4-5-6-7-8-9-10-14-21-17-13-11-12-16(15-17)18(19)20/h11-13,15H,2-10,14H2,1H3,(H,19,20). The van der Waals surface area contributed by atoms with Crippen LogP contribution in [0.5, 0.6) is 5.75 Å². The van der Waals surface area contributed by atoms with Crippen molar-refractivity contribution in [1.29, 1.82) is 0 Å². The lowest BCUT2D eigenvalue weighted by molar-refractivity contribution is 0.0696. The SMILES string of the molecule is CCCCCCCCCCCOc1cccc(C(=O)O)c1. The number of carboxylic acids is 1. The van der Waals surface area contributed by atoms with E-state index >= 15 is 0 Å². The second-order valence-corrected chi connectivity index (χ2v) is 5.51. The molecule has 0 aromatic heterocycles. The summed E-state index contributed by atoms with van der Waals surface area (Å²) in [6, 6.07) is 6.68. The van der Waals surface area contributed by atoms with Crippen molar-refractivity contribution in [3.8, 4) is 5.75 Å². The summed E-state index contributed by atoms with van der Waals surface area (Å²) < 4.78 is 5.59. The molecule has 1 aromatic rings. The molecule has 0 unspecified atom stereocenters. The smallest absolute Gasteiger partial charge is 0.335 e. The van der Waals surface area contributed by atoms with E-state index in [-0.39, 0.29) is 5.56 Å². The maximum absolute atomic E-state index is 10.8. The molecule has 0 aliphatic carbocycles. The van der Waals surface area contributed by atoms with Crippen LogP contribution in [0.1, 0.15) is 75.1 Å². The molecular weight excluding hydrogens is 264 g/mol. The van der Waals surface area contributed by atoms with E-state index in [4.69, 9.17) is 9.84 Å². The summed E-state index contributed by atoms with van der Waals surface area (Å²) in [5, 5.41) is 8.90. The van der Waals surface area contributed by atoms with Gasteiger partial charge in [0.15, 0.2) is 0 Å². The number of carboxylic acid groups (broad SMARTS) is 1. The van der Waals surface area contributed by atoms with E-state index in [1.54, 1.807) is 24.3 Å². The van der Waals surface area contributed by atoms with Gasteiger partial charge in [0.2, 0.25) is 0 Å². The highest BCUT2D eigenvalue weighted by atomic mass is 16.5. The maximum atomic E-state index is 10.8. The first kappa shape index (κ1) is 17.5. The number of ether oxygens (including phenoxy) is 1. The number of aromatic carboxylic acids is 1. The highest BCUT2D eigenvalue weighted by Gasteiger charge is 2.03. The predicted molar refractivity (Wildman–Crippen MR) is 86.1 cm³/mol. The van der Waals surface area contributed by atoms with Crippen molar-refractivity contribution in [2.45, 2.75) is 64.7 Å². The van der Waals surface area contributed by atoms with Crippen molar-refractivity contribution >= 4 is 5.97 Å². The van der Waals surface area contributed by atoms with Gasteiger partial charge in [-0.15, -0.1) is 0 Å². The fourth-order valence-corrected chi connectivity index (χ4v) is 2.32. The molecule has 0 fully saturated rings. The molecule has 1 N–H and O–H groups in total. The first-order valence-electron chi connectivity index (χ1n) is 8.20. The second kappa shape index (κ2) is 11.2. The van der Waals surface area contributed by atoms with Crippen LogP contribution in [0.2, 0.25) is 0 Å². The van der Waals surface area contributed by atoms with Crippen molar-refractivity contribution in [3.63, 3.8) is 0 Å². The van der Waals surface area contributed by atoms with Gasteiger partial charge in [-0.2, -0.15) is 0 Å². The molecule has 1 aromatic carbocycles. The van der Waals surface area contributed by atoms with E-state index in [2.05, 4.69) is 6.92 Å². The van der Waals surface area contributed by atoms with Crippen LogP contribution in [0, 0.1) is 0 Å². The van der Waals surface area contributed by atoms with Gasteiger partial charge in [-0.05, 0) is 24.6 Å². The number of carbonyl (C=O) groups is 1. The van der Waals surface area contributed by atoms with Gasteiger partial charge in [-0.25, -0.2) is 4.79 Å². The van der Waals surface area contributed by atoms with Gasteiger partial charge in [0, 0.05) is 0 Å². The zero-order valence-corrected chi connectivity index (χ0v) is 13.1. The highest BCUT2D eigenvalue weighted by Crippen LogP contribution is 2.14. The normalized spacial score (nSPS) is 10.5. The Morgan fingerprint density at radius 3 is 2.24 bits per heavy atom. The molecule has 118 valence electrons. The average molecular weight is 292 g/mol. The van der Waals surface area contributed by atoms with Crippen LogP contribution < -0.4 is 4.74 Å². The van der Waals surface area contributed by atoms with Gasteiger partial charge in [-0.1, -0.05) is 64.4 Å². The van der Waals surface area contributed by atoms with Crippen molar-refractivity contribution < 1.29 is 14.6 Å². The van der Waals surface area contributed by atoms with Gasteiger partial charge < -0.3 is 9.84 Å². The van der Waals surface area contributed by atoms with Gasteiger partial charge in [0.1, 0.15) is 5.75 Å². The van der Waals surface area contributed by atoms with Crippen LogP contribution in [0.25, 0.3) is 0 Å². The van der Waals surface area contributed by atoms with E-state index < -0.39 is 5.97 Å². The number of unbranched alkanes of at least 4 members (excludes halogenated alkanes) is 8. The van der Waals surface area contributed by atoms with Crippen molar-refractivity contribution in [1.82, 2.24) is 0 Å². The topological polar surface area (TPSA) is 46.5 Å². The van der Waals surface area contributed by atoms with Gasteiger partial charge in [0.05, 0.1) is 12.2 Å². The molecule has 3 heteroatoms. The minimum absolute atomic E-state index is 0.277. The number of rotatable bonds is 12. The predicted octanol–water partition coefficient (Wildman–Crippen LogP) is 5.29. The van der Waals surface area contributed by atoms with E-state index in [9.17, 15) is 4.79 Å². The lowest BCUT2D eigenvalue weighted by Crippen LogP contribution is -2.00. The maximum Gasteiger partial charge on any atom is 0.335 e. The minimum atomic E-state index is -0.913. The molecule has 0 saturated carbocycles. The Bertz CT molecular complexity index is 401. The molecule has 0 aliphatic rings. The average Bonchev–Trinajstić information content (AvgIpc) is 2.49. The lowest BCUT2D eigenvalue weighted by Gasteiger charge is -2.07. The summed E-state index contributed by atoms with van der Waals surface area (Å²) >= 11 is 0. The third-order valence-electron chi connectivity index (χ3n) is 3.60. The molecule has 21 heavy (non-hydrogen) atoms. The van der Waals surface area contributed by atoms with E-state index in [0.29, 0.717) is 12.4 Å². The van der Waals surface area contributed by atoms with Crippen LogP contribution in [-0.4, -0.2) is 17.7 Å². The summed E-state index contributed by atoms with van der Waals surface area (Å²) in [7, 11) is 0. The van der Waals surface area contributed by atoms with Crippen LogP contribution in [0.15, 0.2) is 24.3 Å². The zero-order valence-electron chi connectivity index (χ0n) is 13.1. The third-order valence-corrected chi connectivity index (χ3v) is 3.60. The first-order valence-corrected chi connectivity index (χ1v) is 8.20. The summed E-state index contributed by atoms with van der Waals surface area (Å²) in [5.74, 6) is -0.266. The van der Waals surface area contributed by atoms with Gasteiger partial charge in [0.25, 0.3) is 0 Å². The Hall–Kier alpha value is -1.51. The molecule has 0 aliphatic heterocycles. The molecule has 0 heterocycles. The molecule has 0 spiro atoms. The third kappa shape index (κ3) is 8.38. The van der Waals surface area contributed by atoms with Crippen LogP contribution in [0.4, 0.5) is 0 Å². The Morgan fingerprint density at radius 1 is 1.00 bits per heavy atom. The quantitative estimate of drug-likeness (QED) is 0.532. The minimum Gasteiger partial charge on any atom is -0.494 e. The molecule has 0 saturated heterocycles. The van der Waals surface area contributed by atoms with Crippen molar-refractivity contribution in [3.05, 3.63) is 29.8 Å². The Balaban J connectivity index is 2.01. The summed E-state index contributed by atoms with van der Waals surface area (Å²) in [6.07, 6.45) is 11.6. The first-order chi connectivity index (χ1) is 10.2. The summed E-state index contributed by atoms with van der Waals surface area (Å²) in [4.78, 5) is 10.8. The van der Waals surface area contributed by atoms with Gasteiger partial charge >= 0.3 is 5.97 Å². The molecule has 0 atom stereocenters.